The maximum absolute atomic E-state index is 12.0. The molecule has 1 aromatic rings. The first-order chi connectivity index (χ1) is 10.5. The molecule has 6 heteroatoms. The fourth-order valence-corrected chi connectivity index (χ4v) is 1.89. The molecule has 0 radical (unpaired) electrons. The lowest BCUT2D eigenvalue weighted by Gasteiger charge is -2.23. The van der Waals surface area contributed by atoms with Gasteiger partial charge in [0.25, 0.3) is 5.91 Å². The minimum Gasteiger partial charge on any atom is -0.497 e. The lowest BCUT2D eigenvalue weighted by Crippen LogP contribution is -2.42. The molecule has 0 aliphatic rings. The fraction of sp³-hybridized carbons (Fsp3) is 0.500. The molecule has 0 atom stereocenters. The molecule has 0 aliphatic carbocycles. The summed E-state index contributed by atoms with van der Waals surface area (Å²) in [5.41, 5.74) is 0. The lowest BCUT2D eigenvalue weighted by molar-refractivity contribution is -0.140. The van der Waals surface area contributed by atoms with E-state index < -0.39 is 0 Å². The molecular formula is C16H24N2O4. The highest BCUT2D eigenvalue weighted by Gasteiger charge is 2.16. The summed E-state index contributed by atoms with van der Waals surface area (Å²) in [4.78, 5) is 27.0. The third-order valence-electron chi connectivity index (χ3n) is 3.34. The van der Waals surface area contributed by atoms with Crippen molar-refractivity contribution in [3.05, 3.63) is 24.3 Å². The number of amides is 2. The van der Waals surface area contributed by atoms with E-state index in [2.05, 4.69) is 0 Å². The Kier molecular flexibility index (Phi) is 7.22. The van der Waals surface area contributed by atoms with Gasteiger partial charge in [-0.25, -0.2) is 0 Å². The molecular weight excluding hydrogens is 284 g/mol. The third-order valence-corrected chi connectivity index (χ3v) is 3.34. The van der Waals surface area contributed by atoms with Crippen molar-refractivity contribution in [2.24, 2.45) is 0 Å². The van der Waals surface area contributed by atoms with Crippen LogP contribution in [0.4, 0.5) is 0 Å². The van der Waals surface area contributed by atoms with Gasteiger partial charge in [-0.1, -0.05) is 0 Å². The van der Waals surface area contributed by atoms with Crippen molar-refractivity contribution in [2.75, 3.05) is 40.4 Å². The van der Waals surface area contributed by atoms with E-state index in [4.69, 9.17) is 9.47 Å². The average molecular weight is 308 g/mol. The average Bonchev–Trinajstić information content (AvgIpc) is 2.54. The van der Waals surface area contributed by atoms with Gasteiger partial charge in [-0.2, -0.15) is 0 Å². The van der Waals surface area contributed by atoms with Crippen LogP contribution < -0.4 is 9.47 Å². The normalized spacial score (nSPS) is 10.0. The Morgan fingerprint density at radius 1 is 1.00 bits per heavy atom. The first-order valence-electron chi connectivity index (χ1n) is 7.30. The zero-order chi connectivity index (χ0) is 16.5. The van der Waals surface area contributed by atoms with E-state index in [1.54, 1.807) is 43.3 Å². The number of hydrogen-bond donors (Lipinski definition) is 0. The van der Waals surface area contributed by atoms with Gasteiger partial charge >= 0.3 is 0 Å². The monoisotopic (exact) mass is 308 g/mol. The molecule has 0 bridgehead atoms. The number of likely N-dealkylation sites (N-methyl/N-ethyl adjacent to an activating group) is 2. The standard InChI is InChI=1S/C16H24N2O4/c1-5-18(6-2)15(19)11-17(3)16(20)12-22-14-9-7-13(21-4)8-10-14/h7-10H,5-6,11-12H2,1-4H3. The Morgan fingerprint density at radius 3 is 2.05 bits per heavy atom. The van der Waals surface area contributed by atoms with E-state index in [9.17, 15) is 9.59 Å². The Morgan fingerprint density at radius 2 is 1.55 bits per heavy atom. The first kappa shape index (κ1) is 17.8. The van der Waals surface area contributed by atoms with E-state index in [1.165, 1.54) is 4.90 Å². The molecule has 0 N–H and O–H groups in total. The topological polar surface area (TPSA) is 59.1 Å². The Hall–Kier alpha value is -2.24. The number of carbonyl (C=O) groups excluding carboxylic acids is 2. The number of ether oxygens (including phenoxy) is 2. The van der Waals surface area contributed by atoms with Gasteiger partial charge in [0.15, 0.2) is 6.61 Å². The second-order valence-corrected chi connectivity index (χ2v) is 4.78. The van der Waals surface area contributed by atoms with Crippen LogP contribution in [0.3, 0.4) is 0 Å². The van der Waals surface area contributed by atoms with E-state index in [-0.39, 0.29) is 25.0 Å². The van der Waals surface area contributed by atoms with Crippen molar-refractivity contribution in [1.29, 1.82) is 0 Å². The van der Waals surface area contributed by atoms with Crippen LogP contribution in [0.15, 0.2) is 24.3 Å². The van der Waals surface area contributed by atoms with Gasteiger partial charge < -0.3 is 19.3 Å². The van der Waals surface area contributed by atoms with Crippen LogP contribution in [-0.4, -0.2) is 62.0 Å². The summed E-state index contributed by atoms with van der Waals surface area (Å²) in [6.45, 7) is 5.06. The van der Waals surface area contributed by atoms with E-state index >= 15 is 0 Å². The molecule has 0 unspecified atom stereocenters. The zero-order valence-corrected chi connectivity index (χ0v) is 13.7. The molecule has 0 aliphatic heterocycles. The van der Waals surface area contributed by atoms with Gasteiger partial charge in [0.2, 0.25) is 5.91 Å². The smallest absolute Gasteiger partial charge is 0.260 e. The highest BCUT2D eigenvalue weighted by Crippen LogP contribution is 2.16. The van der Waals surface area contributed by atoms with Crippen molar-refractivity contribution < 1.29 is 19.1 Å². The third kappa shape index (κ3) is 5.27. The number of benzene rings is 1. The summed E-state index contributed by atoms with van der Waals surface area (Å²) >= 11 is 0. The van der Waals surface area contributed by atoms with Crippen molar-refractivity contribution in [3.63, 3.8) is 0 Å². The molecule has 0 spiro atoms. The SMILES string of the molecule is CCN(CC)C(=O)CN(C)C(=O)COc1ccc(OC)cc1. The maximum Gasteiger partial charge on any atom is 0.260 e. The largest absolute Gasteiger partial charge is 0.497 e. The number of nitrogens with zero attached hydrogens (tertiary/aromatic N) is 2. The lowest BCUT2D eigenvalue weighted by atomic mass is 10.3. The Bertz CT molecular complexity index is 483. The van der Waals surface area contributed by atoms with Crippen molar-refractivity contribution in [1.82, 2.24) is 9.80 Å². The minimum atomic E-state index is -0.240. The Balaban J connectivity index is 2.45. The maximum atomic E-state index is 12.0. The first-order valence-corrected chi connectivity index (χ1v) is 7.30. The van der Waals surface area contributed by atoms with Crippen LogP contribution in [0.1, 0.15) is 13.8 Å². The van der Waals surface area contributed by atoms with E-state index in [0.29, 0.717) is 18.8 Å². The van der Waals surface area contributed by atoms with Crippen LogP contribution in [-0.2, 0) is 9.59 Å². The van der Waals surface area contributed by atoms with Crippen molar-refractivity contribution in [3.8, 4) is 11.5 Å². The number of rotatable bonds is 8. The van der Waals surface area contributed by atoms with Crippen LogP contribution in [0, 0.1) is 0 Å². The summed E-state index contributed by atoms with van der Waals surface area (Å²) in [6, 6.07) is 6.97. The summed E-state index contributed by atoms with van der Waals surface area (Å²) in [5.74, 6) is 1.000. The van der Waals surface area contributed by atoms with Gasteiger partial charge in [0, 0.05) is 20.1 Å². The van der Waals surface area contributed by atoms with Crippen molar-refractivity contribution >= 4 is 11.8 Å². The van der Waals surface area contributed by atoms with Gasteiger partial charge in [-0.3, -0.25) is 9.59 Å². The zero-order valence-electron chi connectivity index (χ0n) is 13.7. The summed E-state index contributed by atoms with van der Waals surface area (Å²) in [6.07, 6.45) is 0. The molecule has 6 nitrogen and oxygen atoms in total. The molecule has 2 amide bonds. The predicted octanol–water partition coefficient (Wildman–Crippen LogP) is 1.40. The molecule has 0 saturated carbocycles. The highest BCUT2D eigenvalue weighted by atomic mass is 16.5. The van der Waals surface area contributed by atoms with Gasteiger partial charge in [0.1, 0.15) is 11.5 Å². The van der Waals surface area contributed by atoms with E-state index in [0.717, 1.165) is 5.75 Å². The predicted molar refractivity (Wildman–Crippen MR) is 84.1 cm³/mol. The molecule has 22 heavy (non-hydrogen) atoms. The summed E-state index contributed by atoms with van der Waals surface area (Å²) in [7, 11) is 3.18. The van der Waals surface area contributed by atoms with Crippen LogP contribution >= 0.6 is 0 Å². The second kappa shape index (κ2) is 8.92. The van der Waals surface area contributed by atoms with Crippen molar-refractivity contribution in [2.45, 2.75) is 13.8 Å². The molecule has 0 heterocycles. The fourth-order valence-electron chi connectivity index (χ4n) is 1.89. The second-order valence-electron chi connectivity index (χ2n) is 4.78. The van der Waals surface area contributed by atoms with E-state index in [1.807, 2.05) is 13.8 Å². The van der Waals surface area contributed by atoms with Crippen LogP contribution in [0.25, 0.3) is 0 Å². The Labute approximate surface area is 131 Å². The van der Waals surface area contributed by atoms with Crippen LogP contribution in [0.5, 0.6) is 11.5 Å². The highest BCUT2D eigenvalue weighted by molar-refractivity contribution is 5.85. The molecule has 0 aromatic heterocycles. The van der Waals surface area contributed by atoms with Crippen LogP contribution in [0.2, 0.25) is 0 Å². The van der Waals surface area contributed by atoms with Gasteiger partial charge in [-0.15, -0.1) is 0 Å². The molecule has 1 aromatic carbocycles. The number of hydrogen-bond acceptors (Lipinski definition) is 4. The molecule has 1 rings (SSSR count). The van der Waals surface area contributed by atoms with Gasteiger partial charge in [0.05, 0.1) is 13.7 Å². The summed E-state index contributed by atoms with van der Waals surface area (Å²) < 4.78 is 10.5. The summed E-state index contributed by atoms with van der Waals surface area (Å²) in [5, 5.41) is 0. The number of carbonyl (C=O) groups is 2. The molecule has 122 valence electrons. The number of methoxy groups -OCH3 is 1. The molecule has 0 fully saturated rings. The molecule has 0 saturated heterocycles. The minimum absolute atomic E-state index is 0.0620. The van der Waals surface area contributed by atoms with Gasteiger partial charge in [-0.05, 0) is 38.1 Å². The quantitative estimate of drug-likeness (QED) is 0.728.